The molecule has 0 saturated carbocycles. The second-order valence-corrected chi connectivity index (χ2v) is 5.03. The van der Waals surface area contributed by atoms with Crippen molar-refractivity contribution in [1.29, 1.82) is 0 Å². The Morgan fingerprint density at radius 2 is 2.00 bits per heavy atom. The molecule has 0 amide bonds. The number of rotatable bonds is 5. The predicted molar refractivity (Wildman–Crippen MR) is 82.1 cm³/mol. The molecule has 0 radical (unpaired) electrons. The van der Waals surface area contributed by atoms with E-state index in [1.807, 2.05) is 20.0 Å². The normalized spacial score (nSPS) is 10.4. The summed E-state index contributed by atoms with van der Waals surface area (Å²) in [7, 11) is 1.84. The first-order valence-corrected chi connectivity index (χ1v) is 6.75. The first-order chi connectivity index (χ1) is 10.0. The van der Waals surface area contributed by atoms with E-state index in [1.54, 1.807) is 24.3 Å². The Morgan fingerprint density at radius 1 is 1.24 bits per heavy atom. The van der Waals surface area contributed by atoms with Gasteiger partial charge in [-0.25, -0.2) is 0 Å². The molecule has 5 nitrogen and oxygen atoms in total. The smallest absolute Gasteiger partial charge is 0.311 e. The molecule has 0 fully saturated rings. The number of hydrogen-bond acceptors (Lipinski definition) is 4. The van der Waals surface area contributed by atoms with Crippen molar-refractivity contribution in [3.63, 3.8) is 0 Å². The fourth-order valence-corrected chi connectivity index (χ4v) is 2.16. The lowest BCUT2D eigenvalue weighted by molar-refractivity contribution is -0.385. The SMILES string of the molecule is CNCc1ccc(Oc2cc(C)ccc2[N+](=O)[O-])c(Cl)c1. The summed E-state index contributed by atoms with van der Waals surface area (Å²) in [5.41, 5.74) is 1.79. The van der Waals surface area contributed by atoms with Gasteiger partial charge in [0.15, 0.2) is 0 Å². The minimum absolute atomic E-state index is 0.0871. The predicted octanol–water partition coefficient (Wildman–Crippen LogP) is 4.07. The van der Waals surface area contributed by atoms with Crippen molar-refractivity contribution in [3.8, 4) is 11.5 Å². The summed E-state index contributed by atoms with van der Waals surface area (Å²) in [6.45, 7) is 2.53. The van der Waals surface area contributed by atoms with Crippen LogP contribution in [0.4, 0.5) is 5.69 Å². The van der Waals surface area contributed by atoms with Gasteiger partial charge >= 0.3 is 5.69 Å². The van der Waals surface area contributed by atoms with Crippen LogP contribution in [0.2, 0.25) is 5.02 Å². The summed E-state index contributed by atoms with van der Waals surface area (Å²) in [6.07, 6.45) is 0. The Hall–Kier alpha value is -2.11. The number of nitrogens with one attached hydrogen (secondary N) is 1. The van der Waals surface area contributed by atoms with Gasteiger partial charge in [-0.2, -0.15) is 0 Å². The van der Waals surface area contributed by atoms with E-state index in [4.69, 9.17) is 16.3 Å². The summed E-state index contributed by atoms with van der Waals surface area (Å²) in [5.74, 6) is 0.577. The molecule has 110 valence electrons. The molecule has 6 heteroatoms. The Bertz CT molecular complexity index is 674. The van der Waals surface area contributed by atoms with Gasteiger partial charge in [0.2, 0.25) is 5.75 Å². The molecule has 0 aliphatic carbocycles. The van der Waals surface area contributed by atoms with Gasteiger partial charge in [-0.05, 0) is 43.3 Å². The average Bonchev–Trinajstić information content (AvgIpc) is 2.42. The van der Waals surface area contributed by atoms with Gasteiger partial charge in [-0.3, -0.25) is 10.1 Å². The fraction of sp³-hybridized carbons (Fsp3) is 0.200. The van der Waals surface area contributed by atoms with E-state index in [1.165, 1.54) is 6.07 Å². The maximum atomic E-state index is 11.0. The number of aryl methyl sites for hydroxylation is 1. The van der Waals surface area contributed by atoms with E-state index in [-0.39, 0.29) is 11.4 Å². The van der Waals surface area contributed by atoms with E-state index in [0.717, 1.165) is 11.1 Å². The lowest BCUT2D eigenvalue weighted by atomic mass is 10.2. The molecule has 0 heterocycles. The molecule has 1 N–H and O–H groups in total. The van der Waals surface area contributed by atoms with Gasteiger partial charge in [0.05, 0.1) is 9.95 Å². The van der Waals surface area contributed by atoms with E-state index >= 15 is 0 Å². The van der Waals surface area contributed by atoms with Crippen LogP contribution in [0.15, 0.2) is 36.4 Å². The highest BCUT2D eigenvalue weighted by Crippen LogP contribution is 2.35. The second-order valence-electron chi connectivity index (χ2n) is 4.63. The van der Waals surface area contributed by atoms with Crippen molar-refractivity contribution in [2.75, 3.05) is 7.05 Å². The van der Waals surface area contributed by atoms with E-state index < -0.39 is 4.92 Å². The Balaban J connectivity index is 2.34. The standard InChI is InChI=1S/C15H15ClN2O3/c1-10-3-5-13(18(19)20)15(7-10)21-14-6-4-11(9-17-2)8-12(14)16/h3-8,17H,9H2,1-2H3. The third-order valence-electron chi connectivity index (χ3n) is 2.91. The average molecular weight is 307 g/mol. The topological polar surface area (TPSA) is 64.4 Å². The van der Waals surface area contributed by atoms with Gasteiger partial charge < -0.3 is 10.1 Å². The summed E-state index contributed by atoms with van der Waals surface area (Å²) < 4.78 is 5.62. The van der Waals surface area contributed by atoms with Gasteiger partial charge in [-0.15, -0.1) is 0 Å². The summed E-state index contributed by atoms with van der Waals surface area (Å²) >= 11 is 6.16. The number of nitro groups is 1. The maximum Gasteiger partial charge on any atom is 0.311 e. The van der Waals surface area contributed by atoms with Crippen molar-refractivity contribution in [2.45, 2.75) is 13.5 Å². The van der Waals surface area contributed by atoms with E-state index in [0.29, 0.717) is 17.3 Å². The molecule has 0 aliphatic rings. The Morgan fingerprint density at radius 3 is 2.62 bits per heavy atom. The van der Waals surface area contributed by atoms with Crippen LogP contribution in [0, 0.1) is 17.0 Å². The van der Waals surface area contributed by atoms with Crippen molar-refractivity contribution in [2.24, 2.45) is 0 Å². The highest BCUT2D eigenvalue weighted by molar-refractivity contribution is 6.32. The zero-order valence-corrected chi connectivity index (χ0v) is 12.5. The molecule has 2 rings (SSSR count). The molecule has 0 aliphatic heterocycles. The number of ether oxygens (including phenoxy) is 1. The minimum atomic E-state index is -0.474. The van der Waals surface area contributed by atoms with Gasteiger partial charge in [-0.1, -0.05) is 23.7 Å². The van der Waals surface area contributed by atoms with Gasteiger partial charge in [0.25, 0.3) is 0 Å². The summed E-state index contributed by atoms with van der Waals surface area (Å²) in [4.78, 5) is 10.6. The molecule has 0 saturated heterocycles. The number of nitro benzene ring substituents is 1. The van der Waals surface area contributed by atoms with Crippen LogP contribution >= 0.6 is 11.6 Å². The highest BCUT2D eigenvalue weighted by atomic mass is 35.5. The van der Waals surface area contributed by atoms with Crippen LogP contribution in [0.1, 0.15) is 11.1 Å². The van der Waals surface area contributed by atoms with E-state index in [2.05, 4.69) is 5.32 Å². The van der Waals surface area contributed by atoms with Crippen molar-refractivity contribution >= 4 is 17.3 Å². The first kappa shape index (κ1) is 15.3. The molecule has 2 aromatic rings. The first-order valence-electron chi connectivity index (χ1n) is 6.37. The van der Waals surface area contributed by atoms with E-state index in [9.17, 15) is 10.1 Å². The minimum Gasteiger partial charge on any atom is -0.449 e. The quantitative estimate of drug-likeness (QED) is 0.668. The van der Waals surface area contributed by atoms with Crippen LogP contribution in [-0.2, 0) is 6.54 Å². The number of halogens is 1. The van der Waals surface area contributed by atoms with Crippen LogP contribution in [0.5, 0.6) is 11.5 Å². The summed E-state index contributed by atoms with van der Waals surface area (Å²) in [5, 5.41) is 14.5. The number of hydrogen-bond donors (Lipinski definition) is 1. The van der Waals surface area contributed by atoms with Crippen LogP contribution in [0.3, 0.4) is 0 Å². The Labute approximate surface area is 127 Å². The highest BCUT2D eigenvalue weighted by Gasteiger charge is 2.16. The summed E-state index contributed by atoms with van der Waals surface area (Å²) in [6, 6.07) is 10.1. The van der Waals surface area contributed by atoms with Gasteiger partial charge in [0.1, 0.15) is 5.75 Å². The largest absolute Gasteiger partial charge is 0.449 e. The molecular formula is C15H15ClN2O3. The maximum absolute atomic E-state index is 11.0. The molecule has 0 unspecified atom stereocenters. The molecular weight excluding hydrogens is 292 g/mol. The number of benzene rings is 2. The third kappa shape index (κ3) is 3.71. The third-order valence-corrected chi connectivity index (χ3v) is 3.20. The molecule has 0 bridgehead atoms. The van der Waals surface area contributed by atoms with Crippen LogP contribution in [-0.4, -0.2) is 12.0 Å². The molecule has 21 heavy (non-hydrogen) atoms. The lowest BCUT2D eigenvalue weighted by Crippen LogP contribution is -2.04. The second kappa shape index (κ2) is 6.56. The lowest BCUT2D eigenvalue weighted by Gasteiger charge is -2.10. The zero-order chi connectivity index (χ0) is 15.4. The van der Waals surface area contributed by atoms with Gasteiger partial charge in [0, 0.05) is 12.6 Å². The van der Waals surface area contributed by atoms with Crippen molar-refractivity contribution < 1.29 is 9.66 Å². The fourth-order valence-electron chi connectivity index (χ4n) is 1.91. The zero-order valence-electron chi connectivity index (χ0n) is 11.7. The van der Waals surface area contributed by atoms with Crippen molar-refractivity contribution in [3.05, 3.63) is 62.7 Å². The monoisotopic (exact) mass is 306 g/mol. The molecule has 0 atom stereocenters. The van der Waals surface area contributed by atoms with Crippen LogP contribution < -0.4 is 10.1 Å². The Kier molecular flexibility index (Phi) is 4.77. The number of nitrogens with zero attached hydrogens (tertiary/aromatic N) is 1. The van der Waals surface area contributed by atoms with Crippen molar-refractivity contribution in [1.82, 2.24) is 5.32 Å². The molecule has 0 spiro atoms. The van der Waals surface area contributed by atoms with Crippen LogP contribution in [0.25, 0.3) is 0 Å². The molecule has 0 aromatic heterocycles. The molecule has 2 aromatic carbocycles.